The Morgan fingerprint density at radius 2 is 2.05 bits per heavy atom. The second-order valence-corrected chi connectivity index (χ2v) is 4.35. The summed E-state index contributed by atoms with van der Waals surface area (Å²) in [7, 11) is 0. The van der Waals surface area contributed by atoms with Gasteiger partial charge in [-0.2, -0.15) is 0 Å². The zero-order valence-corrected chi connectivity index (χ0v) is 10.6. The Balaban J connectivity index is 2.84. The van der Waals surface area contributed by atoms with Crippen molar-refractivity contribution < 1.29 is 4.92 Å². The van der Waals surface area contributed by atoms with Gasteiger partial charge in [0.05, 0.1) is 10.4 Å². The van der Waals surface area contributed by atoms with Gasteiger partial charge in [0.1, 0.15) is 5.69 Å². The van der Waals surface area contributed by atoms with Crippen LogP contribution in [0.15, 0.2) is 29.1 Å². The Hall–Kier alpha value is -2.37. The predicted octanol–water partition coefficient (Wildman–Crippen LogP) is 2.29. The van der Waals surface area contributed by atoms with Crippen molar-refractivity contribution >= 4 is 22.3 Å². The van der Waals surface area contributed by atoms with Crippen LogP contribution in [0.2, 0.25) is 0 Å². The number of hydrogen-bond donors (Lipinski definition) is 1. The molecular formula is C13H15N3O3. The molecule has 0 saturated carbocycles. The van der Waals surface area contributed by atoms with E-state index in [1.165, 1.54) is 4.57 Å². The lowest BCUT2D eigenvalue weighted by atomic mass is 10.1. The van der Waals surface area contributed by atoms with Crippen molar-refractivity contribution in [2.45, 2.75) is 26.3 Å². The fraction of sp³-hybridized carbons (Fsp3) is 0.308. The lowest BCUT2D eigenvalue weighted by Crippen LogP contribution is -2.24. The summed E-state index contributed by atoms with van der Waals surface area (Å²) in [6.45, 7) is 2.45. The molecule has 100 valence electrons. The summed E-state index contributed by atoms with van der Waals surface area (Å²) in [6.07, 6.45) is 1.68. The fourth-order valence-corrected chi connectivity index (χ4v) is 2.13. The number of nitrogen functional groups attached to an aromatic ring is 1. The van der Waals surface area contributed by atoms with Crippen LogP contribution in [0.3, 0.4) is 0 Å². The average Bonchev–Trinajstić information content (AvgIpc) is 2.38. The standard InChI is InChI=1S/C13H15N3O3/c1-2-3-8-15-10-7-5-4-6-9(10)11(14)12(13(15)17)16(18)19/h4-7H,2-3,8,14H2,1H3. The molecule has 0 aliphatic carbocycles. The van der Waals surface area contributed by atoms with Crippen LogP contribution in [0.4, 0.5) is 11.4 Å². The SMILES string of the molecule is CCCCn1c(=O)c([N+](=O)[O-])c(N)c2ccccc21. The molecule has 0 bridgehead atoms. The third kappa shape index (κ3) is 2.16. The molecule has 19 heavy (non-hydrogen) atoms. The van der Waals surface area contributed by atoms with E-state index < -0.39 is 16.2 Å². The van der Waals surface area contributed by atoms with Crippen LogP contribution in [-0.2, 0) is 6.54 Å². The number of nitrogens with zero attached hydrogens (tertiary/aromatic N) is 2. The molecule has 0 unspecified atom stereocenters. The number of nitrogens with two attached hydrogens (primary N) is 1. The summed E-state index contributed by atoms with van der Waals surface area (Å²) < 4.78 is 1.44. The van der Waals surface area contributed by atoms with E-state index in [9.17, 15) is 14.9 Å². The summed E-state index contributed by atoms with van der Waals surface area (Å²) in [4.78, 5) is 22.5. The highest BCUT2D eigenvalue weighted by atomic mass is 16.6. The molecule has 2 N–H and O–H groups in total. The van der Waals surface area contributed by atoms with Gasteiger partial charge in [-0.25, -0.2) is 0 Å². The Morgan fingerprint density at radius 3 is 2.68 bits per heavy atom. The second-order valence-electron chi connectivity index (χ2n) is 4.35. The first-order chi connectivity index (χ1) is 9.07. The van der Waals surface area contributed by atoms with E-state index in [4.69, 9.17) is 5.73 Å². The van der Waals surface area contributed by atoms with Gasteiger partial charge in [-0.15, -0.1) is 0 Å². The predicted molar refractivity (Wildman–Crippen MR) is 74.2 cm³/mol. The highest BCUT2D eigenvalue weighted by molar-refractivity contribution is 5.94. The molecule has 2 aromatic rings. The van der Waals surface area contributed by atoms with Crippen LogP contribution in [0.1, 0.15) is 19.8 Å². The molecular weight excluding hydrogens is 246 g/mol. The van der Waals surface area contributed by atoms with E-state index in [0.717, 1.165) is 12.8 Å². The molecule has 1 heterocycles. The quantitative estimate of drug-likeness (QED) is 0.675. The van der Waals surface area contributed by atoms with Gasteiger partial charge in [0.25, 0.3) is 0 Å². The maximum absolute atomic E-state index is 12.2. The van der Waals surface area contributed by atoms with Crippen LogP contribution in [-0.4, -0.2) is 9.49 Å². The third-order valence-electron chi connectivity index (χ3n) is 3.11. The van der Waals surface area contributed by atoms with Crippen molar-refractivity contribution in [1.82, 2.24) is 4.57 Å². The molecule has 2 rings (SSSR count). The highest BCUT2D eigenvalue weighted by Gasteiger charge is 2.23. The van der Waals surface area contributed by atoms with Crippen molar-refractivity contribution in [3.63, 3.8) is 0 Å². The minimum absolute atomic E-state index is 0.0571. The maximum Gasteiger partial charge on any atom is 0.357 e. The van der Waals surface area contributed by atoms with Crippen LogP contribution in [0.5, 0.6) is 0 Å². The van der Waals surface area contributed by atoms with Gasteiger partial charge in [0.15, 0.2) is 0 Å². The van der Waals surface area contributed by atoms with Gasteiger partial charge < -0.3 is 10.3 Å². The van der Waals surface area contributed by atoms with Gasteiger partial charge in [-0.1, -0.05) is 31.5 Å². The number of anilines is 1. The molecule has 0 spiro atoms. The number of nitro groups is 1. The Bertz CT molecular complexity index is 691. The number of aryl methyl sites for hydroxylation is 1. The second kappa shape index (κ2) is 5.09. The van der Waals surface area contributed by atoms with E-state index in [0.29, 0.717) is 17.4 Å². The average molecular weight is 261 g/mol. The highest BCUT2D eigenvalue weighted by Crippen LogP contribution is 2.26. The van der Waals surface area contributed by atoms with Crippen molar-refractivity contribution in [3.8, 4) is 0 Å². The number of para-hydroxylation sites is 1. The van der Waals surface area contributed by atoms with E-state index in [1.807, 2.05) is 6.92 Å². The molecule has 1 aromatic heterocycles. The first-order valence-electron chi connectivity index (χ1n) is 6.13. The van der Waals surface area contributed by atoms with Gasteiger partial charge in [-0.3, -0.25) is 14.9 Å². The van der Waals surface area contributed by atoms with Crippen LogP contribution in [0, 0.1) is 10.1 Å². The van der Waals surface area contributed by atoms with E-state index in [1.54, 1.807) is 24.3 Å². The molecule has 6 heteroatoms. The molecule has 0 fully saturated rings. The van der Waals surface area contributed by atoms with E-state index in [-0.39, 0.29) is 5.69 Å². The van der Waals surface area contributed by atoms with E-state index in [2.05, 4.69) is 0 Å². The monoisotopic (exact) mass is 261 g/mol. The Morgan fingerprint density at radius 1 is 1.37 bits per heavy atom. The van der Waals surface area contributed by atoms with E-state index >= 15 is 0 Å². The Kier molecular flexibility index (Phi) is 3.50. The minimum atomic E-state index is -0.702. The number of pyridine rings is 1. The molecule has 6 nitrogen and oxygen atoms in total. The fourth-order valence-electron chi connectivity index (χ4n) is 2.13. The first-order valence-corrected chi connectivity index (χ1v) is 6.13. The largest absolute Gasteiger partial charge is 0.392 e. The molecule has 1 aromatic carbocycles. The zero-order valence-electron chi connectivity index (χ0n) is 10.6. The topological polar surface area (TPSA) is 91.2 Å². The van der Waals surface area contributed by atoms with Gasteiger partial charge in [0, 0.05) is 11.9 Å². The number of aromatic nitrogens is 1. The van der Waals surface area contributed by atoms with Crippen LogP contribution in [0.25, 0.3) is 10.9 Å². The summed E-state index contributed by atoms with van der Waals surface area (Å²) in [5.74, 6) is 0. The number of rotatable bonds is 4. The summed E-state index contributed by atoms with van der Waals surface area (Å²) in [5, 5.41) is 11.6. The maximum atomic E-state index is 12.2. The lowest BCUT2D eigenvalue weighted by molar-refractivity contribution is -0.385. The first kappa shape index (κ1) is 13.1. The lowest BCUT2D eigenvalue weighted by Gasteiger charge is -2.11. The summed E-state index contributed by atoms with van der Waals surface area (Å²) in [6, 6.07) is 6.98. The van der Waals surface area contributed by atoms with Gasteiger partial charge in [-0.05, 0) is 12.5 Å². The van der Waals surface area contributed by atoms with Crippen LogP contribution >= 0.6 is 0 Å². The van der Waals surface area contributed by atoms with Crippen molar-refractivity contribution in [1.29, 1.82) is 0 Å². The molecule has 0 aliphatic rings. The van der Waals surface area contributed by atoms with Crippen LogP contribution < -0.4 is 11.3 Å². The number of unbranched alkanes of at least 4 members (excludes halogenated alkanes) is 1. The number of benzene rings is 1. The molecule has 0 atom stereocenters. The Labute approximate surface area is 109 Å². The minimum Gasteiger partial charge on any atom is -0.392 e. The van der Waals surface area contributed by atoms with Gasteiger partial charge >= 0.3 is 11.2 Å². The molecule has 0 saturated heterocycles. The molecule has 0 aliphatic heterocycles. The summed E-state index contributed by atoms with van der Waals surface area (Å²) in [5.41, 5.74) is 5.19. The summed E-state index contributed by atoms with van der Waals surface area (Å²) >= 11 is 0. The van der Waals surface area contributed by atoms with Crippen molar-refractivity contribution in [2.24, 2.45) is 0 Å². The normalized spacial score (nSPS) is 10.8. The number of hydrogen-bond acceptors (Lipinski definition) is 4. The third-order valence-corrected chi connectivity index (χ3v) is 3.11. The van der Waals surface area contributed by atoms with Crippen molar-refractivity contribution in [2.75, 3.05) is 5.73 Å². The molecule has 0 radical (unpaired) electrons. The van der Waals surface area contributed by atoms with Crippen molar-refractivity contribution in [3.05, 3.63) is 44.7 Å². The van der Waals surface area contributed by atoms with Gasteiger partial charge in [0.2, 0.25) is 0 Å². The zero-order chi connectivity index (χ0) is 14.0. The molecule has 0 amide bonds. The number of fused-ring (bicyclic) bond motifs is 1. The smallest absolute Gasteiger partial charge is 0.357 e.